The minimum Gasteiger partial charge on any atom is -0.371 e. The number of terminal acetylenes is 1. The van der Waals surface area contributed by atoms with E-state index in [1.54, 1.807) is 6.08 Å². The second-order valence-electron chi connectivity index (χ2n) is 5.14. The summed E-state index contributed by atoms with van der Waals surface area (Å²) in [6.45, 7) is 2.16. The van der Waals surface area contributed by atoms with Crippen LogP contribution in [-0.2, 0) is 9.47 Å². The average Bonchev–Trinajstić information content (AvgIpc) is 2.93. The van der Waals surface area contributed by atoms with Gasteiger partial charge in [0.1, 0.15) is 0 Å². The van der Waals surface area contributed by atoms with Crippen LogP contribution in [0.5, 0.6) is 0 Å². The zero-order valence-corrected chi connectivity index (χ0v) is 14.3. The molecular formula is C15H20Br2O2. The van der Waals surface area contributed by atoms with Crippen molar-refractivity contribution in [2.24, 2.45) is 0 Å². The van der Waals surface area contributed by atoms with E-state index in [9.17, 15) is 0 Å². The molecule has 19 heavy (non-hydrogen) atoms. The van der Waals surface area contributed by atoms with Gasteiger partial charge >= 0.3 is 0 Å². The molecule has 0 bridgehead atoms. The summed E-state index contributed by atoms with van der Waals surface area (Å²) in [5, 5.41) is 0. The Balaban J connectivity index is 1.87. The number of rotatable bonds is 4. The number of halogens is 2. The summed E-state index contributed by atoms with van der Waals surface area (Å²) < 4.78 is 12.2. The van der Waals surface area contributed by atoms with Gasteiger partial charge in [-0.05, 0) is 31.8 Å². The van der Waals surface area contributed by atoms with Gasteiger partial charge in [-0.15, -0.1) is 6.42 Å². The first-order chi connectivity index (χ1) is 9.15. The van der Waals surface area contributed by atoms with Gasteiger partial charge in [0.2, 0.25) is 0 Å². The maximum Gasteiger partial charge on any atom is 0.0853 e. The van der Waals surface area contributed by atoms with Crippen LogP contribution in [0.4, 0.5) is 0 Å². The van der Waals surface area contributed by atoms with E-state index in [4.69, 9.17) is 15.9 Å². The van der Waals surface area contributed by atoms with E-state index >= 15 is 0 Å². The predicted molar refractivity (Wildman–Crippen MR) is 84.9 cm³/mol. The molecule has 0 N–H and O–H groups in total. The molecule has 2 unspecified atom stereocenters. The Kier molecular flexibility index (Phi) is 5.95. The van der Waals surface area contributed by atoms with E-state index in [0.29, 0.717) is 15.8 Å². The van der Waals surface area contributed by atoms with Gasteiger partial charge in [-0.3, -0.25) is 0 Å². The van der Waals surface area contributed by atoms with Crippen LogP contribution >= 0.6 is 31.9 Å². The summed E-state index contributed by atoms with van der Waals surface area (Å²) in [6.07, 6.45) is 13.8. The van der Waals surface area contributed by atoms with Crippen molar-refractivity contribution in [2.75, 3.05) is 0 Å². The van der Waals surface area contributed by atoms with Crippen molar-refractivity contribution in [3.63, 3.8) is 0 Å². The summed E-state index contributed by atoms with van der Waals surface area (Å²) in [5.41, 5.74) is 0. The Morgan fingerprint density at radius 3 is 2.26 bits per heavy atom. The summed E-state index contributed by atoms with van der Waals surface area (Å²) in [6, 6.07) is 0. The first kappa shape index (κ1) is 15.6. The van der Waals surface area contributed by atoms with Gasteiger partial charge in [0.15, 0.2) is 0 Å². The lowest BCUT2D eigenvalue weighted by Crippen LogP contribution is -2.26. The van der Waals surface area contributed by atoms with Gasteiger partial charge in [-0.2, -0.15) is 0 Å². The molecule has 2 aliphatic rings. The maximum atomic E-state index is 6.13. The standard InChI is InChI=1S/C15H20Br2O2/c1-3-5-6-7-13-11(17)9-15(19-13)14-8-10(16)12(4-2)18-14/h1,5-6,10-15H,4,7-9H2,2H3/b6-5+/t10-,11+,12+,13-,14?,15?/m1/s1. The van der Waals surface area contributed by atoms with Crippen molar-refractivity contribution < 1.29 is 9.47 Å². The highest BCUT2D eigenvalue weighted by Crippen LogP contribution is 2.38. The molecule has 2 rings (SSSR count). The molecule has 2 heterocycles. The van der Waals surface area contributed by atoms with Crippen LogP contribution in [-0.4, -0.2) is 34.1 Å². The second kappa shape index (κ2) is 7.26. The second-order valence-corrected chi connectivity index (χ2v) is 7.49. The first-order valence-electron chi connectivity index (χ1n) is 6.85. The van der Waals surface area contributed by atoms with Crippen LogP contribution in [0.2, 0.25) is 0 Å². The SMILES string of the molecule is C#C/C=C/C[C@H]1OC(C2C[C@@H](Br)[C@H](CC)O2)C[C@@H]1Br. The van der Waals surface area contributed by atoms with Gasteiger partial charge < -0.3 is 9.47 Å². The van der Waals surface area contributed by atoms with Gasteiger partial charge in [-0.1, -0.05) is 50.8 Å². The van der Waals surface area contributed by atoms with Gasteiger partial charge in [-0.25, -0.2) is 0 Å². The molecule has 106 valence electrons. The summed E-state index contributed by atoms with van der Waals surface area (Å²) in [4.78, 5) is 0.846. The van der Waals surface area contributed by atoms with Gasteiger partial charge in [0.05, 0.1) is 24.4 Å². The molecule has 4 heteroatoms. The van der Waals surface area contributed by atoms with E-state index in [0.717, 1.165) is 25.7 Å². The van der Waals surface area contributed by atoms with E-state index in [2.05, 4.69) is 44.7 Å². The molecule has 0 radical (unpaired) electrons. The van der Waals surface area contributed by atoms with Gasteiger partial charge in [0, 0.05) is 9.65 Å². The highest BCUT2D eigenvalue weighted by molar-refractivity contribution is 9.09. The highest BCUT2D eigenvalue weighted by Gasteiger charge is 2.43. The lowest BCUT2D eigenvalue weighted by molar-refractivity contribution is -0.0640. The van der Waals surface area contributed by atoms with Crippen LogP contribution < -0.4 is 0 Å². The zero-order valence-electron chi connectivity index (χ0n) is 11.1. The van der Waals surface area contributed by atoms with E-state index < -0.39 is 0 Å². The number of ether oxygens (including phenoxy) is 2. The van der Waals surface area contributed by atoms with Crippen molar-refractivity contribution in [3.8, 4) is 12.3 Å². The topological polar surface area (TPSA) is 18.5 Å². The molecule has 0 spiro atoms. The van der Waals surface area contributed by atoms with Crippen molar-refractivity contribution in [3.05, 3.63) is 12.2 Å². The zero-order chi connectivity index (χ0) is 13.8. The molecule has 2 aliphatic heterocycles. The Labute approximate surface area is 132 Å². The Hall–Kier alpha value is 0.180. The van der Waals surface area contributed by atoms with Gasteiger partial charge in [0.25, 0.3) is 0 Å². The fraction of sp³-hybridized carbons (Fsp3) is 0.733. The van der Waals surface area contributed by atoms with Crippen molar-refractivity contribution >= 4 is 31.9 Å². The third kappa shape index (κ3) is 3.85. The summed E-state index contributed by atoms with van der Waals surface area (Å²) >= 11 is 7.42. The number of hydrogen-bond acceptors (Lipinski definition) is 2. The summed E-state index contributed by atoms with van der Waals surface area (Å²) in [7, 11) is 0. The maximum absolute atomic E-state index is 6.13. The molecular weight excluding hydrogens is 372 g/mol. The lowest BCUT2D eigenvalue weighted by atomic mass is 10.1. The molecule has 0 saturated carbocycles. The molecule has 2 saturated heterocycles. The van der Waals surface area contributed by atoms with Crippen molar-refractivity contribution in [1.29, 1.82) is 0 Å². The Morgan fingerprint density at radius 1 is 1.16 bits per heavy atom. The van der Waals surface area contributed by atoms with Crippen LogP contribution in [0.25, 0.3) is 0 Å². The van der Waals surface area contributed by atoms with Crippen molar-refractivity contribution in [2.45, 2.75) is 66.7 Å². The molecule has 2 fully saturated rings. The third-order valence-corrected chi connectivity index (χ3v) is 5.75. The van der Waals surface area contributed by atoms with E-state index in [1.165, 1.54) is 0 Å². The fourth-order valence-corrected chi connectivity index (χ4v) is 4.36. The normalized spacial score (nSPS) is 42.8. The van der Waals surface area contributed by atoms with Crippen LogP contribution in [0, 0.1) is 12.3 Å². The minimum atomic E-state index is 0.199. The van der Waals surface area contributed by atoms with Crippen LogP contribution in [0.1, 0.15) is 32.6 Å². The van der Waals surface area contributed by atoms with Crippen LogP contribution in [0.15, 0.2) is 12.2 Å². The average molecular weight is 392 g/mol. The molecule has 0 aromatic rings. The Bertz CT molecular complexity index is 364. The summed E-state index contributed by atoms with van der Waals surface area (Å²) in [5.74, 6) is 2.51. The number of allylic oxidation sites excluding steroid dienone is 1. The monoisotopic (exact) mass is 390 g/mol. The largest absolute Gasteiger partial charge is 0.371 e. The highest BCUT2D eigenvalue weighted by atomic mass is 79.9. The van der Waals surface area contributed by atoms with Crippen LogP contribution in [0.3, 0.4) is 0 Å². The lowest BCUT2D eigenvalue weighted by Gasteiger charge is -2.19. The molecule has 0 aromatic heterocycles. The predicted octanol–water partition coefficient (Wildman–Crippen LogP) is 3.82. The molecule has 0 aliphatic carbocycles. The molecule has 2 nitrogen and oxygen atoms in total. The smallest absolute Gasteiger partial charge is 0.0853 e. The van der Waals surface area contributed by atoms with E-state index in [1.807, 2.05) is 6.08 Å². The first-order valence-corrected chi connectivity index (χ1v) is 8.69. The molecule has 6 atom stereocenters. The minimum absolute atomic E-state index is 0.199. The van der Waals surface area contributed by atoms with E-state index in [-0.39, 0.29) is 18.3 Å². The Morgan fingerprint density at radius 2 is 1.74 bits per heavy atom. The number of hydrogen-bond donors (Lipinski definition) is 0. The quantitative estimate of drug-likeness (QED) is 0.535. The van der Waals surface area contributed by atoms with Crippen molar-refractivity contribution in [1.82, 2.24) is 0 Å². The molecule has 0 amide bonds. The molecule has 0 aromatic carbocycles. The number of alkyl halides is 2. The fourth-order valence-electron chi connectivity index (χ4n) is 2.78. The third-order valence-electron chi connectivity index (χ3n) is 3.82.